The van der Waals surface area contributed by atoms with Gasteiger partial charge in [-0.3, -0.25) is 14.4 Å². The lowest BCUT2D eigenvalue weighted by Gasteiger charge is -2.35. The Bertz CT molecular complexity index is 858. The molecule has 0 aliphatic rings. The molecule has 0 radical (unpaired) electrons. The molecule has 0 heterocycles. The van der Waals surface area contributed by atoms with Crippen LogP contribution in [-0.4, -0.2) is 72.5 Å². The van der Waals surface area contributed by atoms with Crippen LogP contribution in [0.25, 0.3) is 0 Å². The summed E-state index contributed by atoms with van der Waals surface area (Å²) in [5.74, 6) is -0.967. The Morgan fingerprint density at radius 2 is 1.66 bits per heavy atom. The maximum atomic E-state index is 13.7. The SMILES string of the molecule is C=CCC[C@H](NC)C(=O)N(CCC=C)[C@@H](Cc1ccc(C)cc1)C(=O)N(C)CC(=O)OC(C)(C)C. The number of allylic oxidation sites excluding steroid dienone is 1. The zero-order valence-corrected chi connectivity index (χ0v) is 22.3. The first-order chi connectivity index (χ1) is 16.4. The van der Waals surface area contributed by atoms with Gasteiger partial charge in [0.25, 0.3) is 0 Å². The van der Waals surface area contributed by atoms with E-state index in [2.05, 4.69) is 18.5 Å². The van der Waals surface area contributed by atoms with Crippen molar-refractivity contribution in [2.24, 2.45) is 0 Å². The normalized spacial score (nSPS) is 12.9. The predicted octanol–water partition coefficient (Wildman–Crippen LogP) is 3.67. The third-order valence-electron chi connectivity index (χ3n) is 5.54. The third-order valence-corrected chi connectivity index (χ3v) is 5.54. The molecular formula is C28H43N3O4. The second-order valence-corrected chi connectivity index (χ2v) is 9.80. The Morgan fingerprint density at radius 3 is 2.17 bits per heavy atom. The molecule has 194 valence electrons. The first-order valence-electron chi connectivity index (χ1n) is 12.1. The molecule has 1 aromatic carbocycles. The molecule has 35 heavy (non-hydrogen) atoms. The number of amides is 2. The minimum absolute atomic E-state index is 0.160. The number of likely N-dealkylation sites (N-methyl/N-ethyl adjacent to an activating group) is 2. The van der Waals surface area contributed by atoms with E-state index in [1.165, 1.54) is 4.90 Å². The van der Waals surface area contributed by atoms with E-state index in [-0.39, 0.29) is 18.4 Å². The molecule has 0 fully saturated rings. The van der Waals surface area contributed by atoms with Gasteiger partial charge in [-0.2, -0.15) is 0 Å². The Balaban J connectivity index is 3.32. The van der Waals surface area contributed by atoms with E-state index in [4.69, 9.17) is 4.74 Å². The Labute approximate surface area is 211 Å². The number of hydrogen-bond donors (Lipinski definition) is 1. The van der Waals surface area contributed by atoms with Crippen LogP contribution in [0.2, 0.25) is 0 Å². The van der Waals surface area contributed by atoms with Gasteiger partial charge in [-0.15, -0.1) is 13.2 Å². The fraction of sp³-hybridized carbons (Fsp3) is 0.536. The van der Waals surface area contributed by atoms with Crippen LogP contribution in [0.5, 0.6) is 0 Å². The highest BCUT2D eigenvalue weighted by Gasteiger charge is 2.35. The van der Waals surface area contributed by atoms with Gasteiger partial charge in [0.05, 0.1) is 6.04 Å². The van der Waals surface area contributed by atoms with Gasteiger partial charge in [-0.25, -0.2) is 0 Å². The van der Waals surface area contributed by atoms with E-state index in [1.807, 2.05) is 31.2 Å². The molecule has 2 atom stereocenters. The topological polar surface area (TPSA) is 79.0 Å². The van der Waals surface area contributed by atoms with E-state index in [0.29, 0.717) is 32.2 Å². The highest BCUT2D eigenvalue weighted by Crippen LogP contribution is 2.17. The van der Waals surface area contributed by atoms with E-state index in [1.54, 1.807) is 51.9 Å². The number of carbonyl (C=O) groups excluding carboxylic acids is 3. The van der Waals surface area contributed by atoms with Gasteiger partial charge in [0.2, 0.25) is 11.8 Å². The molecule has 0 saturated heterocycles. The molecule has 0 aliphatic heterocycles. The van der Waals surface area contributed by atoms with E-state index < -0.39 is 23.7 Å². The maximum absolute atomic E-state index is 13.7. The number of rotatable bonds is 14. The molecule has 0 saturated carbocycles. The zero-order valence-electron chi connectivity index (χ0n) is 22.3. The summed E-state index contributed by atoms with van der Waals surface area (Å²) >= 11 is 0. The molecule has 7 nitrogen and oxygen atoms in total. The molecule has 7 heteroatoms. The van der Waals surface area contributed by atoms with Gasteiger partial charge in [0, 0.05) is 20.0 Å². The van der Waals surface area contributed by atoms with E-state index in [0.717, 1.165) is 11.1 Å². The van der Waals surface area contributed by atoms with Gasteiger partial charge in [0.15, 0.2) is 0 Å². The Kier molecular flexibility index (Phi) is 12.4. The van der Waals surface area contributed by atoms with Crippen molar-refractivity contribution >= 4 is 17.8 Å². The Hall–Kier alpha value is -2.93. The van der Waals surface area contributed by atoms with Crippen LogP contribution in [0.4, 0.5) is 0 Å². The summed E-state index contributed by atoms with van der Waals surface area (Å²) < 4.78 is 5.40. The summed E-state index contributed by atoms with van der Waals surface area (Å²) in [7, 11) is 3.31. The molecule has 0 aliphatic carbocycles. The maximum Gasteiger partial charge on any atom is 0.326 e. The van der Waals surface area contributed by atoms with Gasteiger partial charge in [-0.1, -0.05) is 42.0 Å². The van der Waals surface area contributed by atoms with Crippen molar-refractivity contribution in [3.05, 3.63) is 60.7 Å². The average Bonchev–Trinajstić information content (AvgIpc) is 2.78. The van der Waals surface area contributed by atoms with Crippen molar-refractivity contribution in [2.45, 2.75) is 71.1 Å². The lowest BCUT2D eigenvalue weighted by molar-refractivity contribution is -0.159. The quantitative estimate of drug-likeness (QED) is 0.321. The zero-order chi connectivity index (χ0) is 26.6. The minimum Gasteiger partial charge on any atom is -0.459 e. The number of nitrogens with zero attached hydrogens (tertiary/aromatic N) is 2. The lowest BCUT2D eigenvalue weighted by Crippen LogP contribution is -2.56. The smallest absolute Gasteiger partial charge is 0.326 e. The number of nitrogens with one attached hydrogen (secondary N) is 1. The number of aryl methyl sites for hydroxylation is 1. The van der Waals surface area contributed by atoms with Crippen LogP contribution in [-0.2, 0) is 25.5 Å². The molecule has 1 N–H and O–H groups in total. The second-order valence-electron chi connectivity index (χ2n) is 9.80. The van der Waals surface area contributed by atoms with Crippen LogP contribution in [0.3, 0.4) is 0 Å². The van der Waals surface area contributed by atoms with Crippen molar-refractivity contribution in [2.75, 3.05) is 27.2 Å². The first-order valence-corrected chi connectivity index (χ1v) is 12.1. The van der Waals surface area contributed by atoms with E-state index in [9.17, 15) is 14.4 Å². The second kappa shape index (κ2) is 14.5. The Morgan fingerprint density at radius 1 is 1.06 bits per heavy atom. The van der Waals surface area contributed by atoms with Crippen LogP contribution in [0, 0.1) is 6.92 Å². The van der Waals surface area contributed by atoms with Gasteiger partial charge >= 0.3 is 5.97 Å². The summed E-state index contributed by atoms with van der Waals surface area (Å²) in [6, 6.07) is 6.66. The molecule has 0 bridgehead atoms. The van der Waals surface area contributed by atoms with Crippen LogP contribution in [0.1, 0.15) is 51.2 Å². The highest BCUT2D eigenvalue weighted by atomic mass is 16.6. The lowest BCUT2D eigenvalue weighted by atomic mass is 10.00. The van der Waals surface area contributed by atoms with Crippen LogP contribution in [0.15, 0.2) is 49.6 Å². The minimum atomic E-state index is -0.780. The number of ether oxygens (including phenoxy) is 1. The number of esters is 1. The van der Waals surface area contributed by atoms with E-state index >= 15 is 0 Å². The molecule has 1 rings (SSSR count). The monoisotopic (exact) mass is 485 g/mol. The predicted molar refractivity (Wildman–Crippen MR) is 141 cm³/mol. The van der Waals surface area contributed by atoms with Gasteiger partial charge in [0.1, 0.15) is 18.2 Å². The molecule has 0 aromatic heterocycles. The fourth-order valence-corrected chi connectivity index (χ4v) is 3.70. The molecule has 0 unspecified atom stereocenters. The average molecular weight is 486 g/mol. The summed E-state index contributed by atoms with van der Waals surface area (Å²) in [6.07, 6.45) is 5.62. The third kappa shape index (κ3) is 10.5. The van der Waals surface area contributed by atoms with Gasteiger partial charge in [-0.05, 0) is 59.6 Å². The van der Waals surface area contributed by atoms with Crippen LogP contribution < -0.4 is 5.32 Å². The summed E-state index contributed by atoms with van der Waals surface area (Å²) in [4.78, 5) is 42.7. The van der Waals surface area contributed by atoms with Crippen LogP contribution >= 0.6 is 0 Å². The van der Waals surface area contributed by atoms with Crippen molar-refractivity contribution < 1.29 is 19.1 Å². The standard InChI is InChI=1S/C28H43N3O4/c1-9-11-13-23(29-7)26(33)31(18-12-10-2)24(19-22-16-14-21(3)15-17-22)27(34)30(8)20-25(32)35-28(4,5)6/h9-10,14-17,23-24,29H,1-2,11-13,18-20H2,3-8H3/t23-,24-/m0/s1. The number of carbonyl (C=O) groups is 3. The van der Waals surface area contributed by atoms with Gasteiger partial charge < -0.3 is 19.9 Å². The van der Waals surface area contributed by atoms with Crippen molar-refractivity contribution in [3.63, 3.8) is 0 Å². The summed E-state index contributed by atoms with van der Waals surface area (Å²) in [5.41, 5.74) is 1.39. The number of benzene rings is 1. The summed E-state index contributed by atoms with van der Waals surface area (Å²) in [6.45, 7) is 15.0. The summed E-state index contributed by atoms with van der Waals surface area (Å²) in [5, 5.41) is 3.08. The first kappa shape index (κ1) is 30.1. The fourth-order valence-electron chi connectivity index (χ4n) is 3.70. The highest BCUT2D eigenvalue weighted by molar-refractivity contribution is 5.91. The molecule has 0 spiro atoms. The number of hydrogen-bond acceptors (Lipinski definition) is 5. The van der Waals surface area contributed by atoms with Crippen molar-refractivity contribution in [1.82, 2.24) is 15.1 Å². The molecule has 1 aromatic rings. The van der Waals surface area contributed by atoms with Crippen molar-refractivity contribution in [1.29, 1.82) is 0 Å². The van der Waals surface area contributed by atoms with Crippen molar-refractivity contribution in [3.8, 4) is 0 Å². The molecule has 2 amide bonds. The molecular weight excluding hydrogens is 442 g/mol. The largest absolute Gasteiger partial charge is 0.459 e.